The van der Waals surface area contributed by atoms with Gasteiger partial charge in [0.2, 0.25) is 0 Å². The Hall–Kier alpha value is -1.35. The van der Waals surface area contributed by atoms with E-state index in [1.807, 2.05) is 0 Å². The van der Waals surface area contributed by atoms with Crippen molar-refractivity contribution >= 4 is 11.0 Å². The lowest BCUT2D eigenvalue weighted by molar-refractivity contribution is 0.340. The van der Waals surface area contributed by atoms with Crippen LogP contribution in [0.5, 0.6) is 0 Å². The zero-order valence-corrected chi connectivity index (χ0v) is 12.6. The fourth-order valence-corrected chi connectivity index (χ4v) is 3.63. The van der Waals surface area contributed by atoms with Gasteiger partial charge in [-0.1, -0.05) is 31.9 Å². The van der Waals surface area contributed by atoms with Crippen LogP contribution in [0.15, 0.2) is 24.3 Å². The fraction of sp³-hybridized carbons (Fsp3) is 0.588. The summed E-state index contributed by atoms with van der Waals surface area (Å²) in [4.78, 5) is 4.78. The molecular formula is C17H25N3. The number of imidazole rings is 1. The van der Waals surface area contributed by atoms with Crippen LogP contribution in [0, 0.1) is 5.92 Å². The van der Waals surface area contributed by atoms with E-state index in [1.54, 1.807) is 0 Å². The Bertz CT molecular complexity index is 567. The van der Waals surface area contributed by atoms with Crippen LogP contribution in [-0.2, 0) is 13.0 Å². The molecule has 3 nitrogen and oxygen atoms in total. The average Bonchev–Trinajstić information content (AvgIpc) is 3.12. The van der Waals surface area contributed by atoms with Crippen molar-refractivity contribution in [2.24, 2.45) is 5.92 Å². The van der Waals surface area contributed by atoms with E-state index in [9.17, 15) is 0 Å². The number of hydrogen-bond acceptors (Lipinski definition) is 2. The summed E-state index contributed by atoms with van der Waals surface area (Å²) in [6, 6.07) is 9.08. The molecule has 1 aliphatic rings. The van der Waals surface area contributed by atoms with Crippen LogP contribution in [0.3, 0.4) is 0 Å². The lowest BCUT2D eigenvalue weighted by Gasteiger charge is -2.24. The molecule has 0 spiro atoms. The fourth-order valence-electron chi connectivity index (χ4n) is 3.63. The Morgan fingerprint density at radius 2 is 2.05 bits per heavy atom. The number of likely N-dealkylation sites (N-methyl/N-ethyl adjacent to an activating group) is 1. The average molecular weight is 271 g/mol. The van der Waals surface area contributed by atoms with Crippen LogP contribution < -0.4 is 5.32 Å². The molecule has 108 valence electrons. The standard InChI is InChI=1S/C17H25N3/c1-3-17-19-14-10-6-7-11-16(14)20(17)12-15(18-2)13-8-4-5-9-13/h6-7,10-11,13,15,18H,3-5,8-9,12H2,1-2H3. The van der Waals surface area contributed by atoms with Crippen LogP contribution in [-0.4, -0.2) is 22.6 Å². The van der Waals surface area contributed by atoms with E-state index in [4.69, 9.17) is 4.98 Å². The molecular weight excluding hydrogens is 246 g/mol. The van der Waals surface area contributed by atoms with Crippen molar-refractivity contribution in [3.63, 3.8) is 0 Å². The van der Waals surface area contributed by atoms with Gasteiger partial charge in [0.25, 0.3) is 0 Å². The third kappa shape index (κ3) is 2.47. The number of aromatic nitrogens is 2. The van der Waals surface area contributed by atoms with Crippen LogP contribution in [0.2, 0.25) is 0 Å². The molecule has 1 fully saturated rings. The number of nitrogens with one attached hydrogen (secondary N) is 1. The number of para-hydroxylation sites is 2. The molecule has 1 aromatic heterocycles. The van der Waals surface area contributed by atoms with Crippen LogP contribution in [0.25, 0.3) is 11.0 Å². The van der Waals surface area contributed by atoms with Crippen molar-refractivity contribution in [2.75, 3.05) is 7.05 Å². The second-order valence-electron chi connectivity index (χ2n) is 5.92. The maximum absolute atomic E-state index is 4.78. The topological polar surface area (TPSA) is 29.9 Å². The molecule has 1 aliphatic carbocycles. The monoisotopic (exact) mass is 271 g/mol. The first-order valence-corrected chi connectivity index (χ1v) is 7.95. The zero-order valence-electron chi connectivity index (χ0n) is 12.6. The minimum atomic E-state index is 0.570. The minimum Gasteiger partial charge on any atom is -0.326 e. The van der Waals surface area contributed by atoms with Gasteiger partial charge >= 0.3 is 0 Å². The zero-order chi connectivity index (χ0) is 13.9. The van der Waals surface area contributed by atoms with Gasteiger partial charge in [-0.25, -0.2) is 4.98 Å². The Morgan fingerprint density at radius 1 is 1.30 bits per heavy atom. The highest BCUT2D eigenvalue weighted by Gasteiger charge is 2.25. The van der Waals surface area contributed by atoms with E-state index in [1.165, 1.54) is 37.0 Å². The third-order valence-corrected chi connectivity index (χ3v) is 4.77. The van der Waals surface area contributed by atoms with Gasteiger partial charge in [-0.15, -0.1) is 0 Å². The number of rotatable bonds is 5. The van der Waals surface area contributed by atoms with E-state index < -0.39 is 0 Å². The number of nitrogens with zero attached hydrogens (tertiary/aromatic N) is 2. The molecule has 1 N–H and O–H groups in total. The molecule has 1 saturated carbocycles. The predicted octanol–water partition coefficient (Wildman–Crippen LogP) is 3.38. The van der Waals surface area contributed by atoms with Gasteiger partial charge in [-0.2, -0.15) is 0 Å². The molecule has 0 bridgehead atoms. The predicted molar refractivity (Wildman–Crippen MR) is 83.9 cm³/mol. The molecule has 2 aromatic rings. The van der Waals surface area contributed by atoms with Gasteiger partial charge in [-0.3, -0.25) is 0 Å². The Morgan fingerprint density at radius 3 is 2.75 bits per heavy atom. The molecule has 1 aromatic carbocycles. The SMILES string of the molecule is CCc1nc2ccccc2n1CC(NC)C1CCCC1. The summed E-state index contributed by atoms with van der Waals surface area (Å²) in [6.07, 6.45) is 6.54. The van der Waals surface area contributed by atoms with Crippen molar-refractivity contribution in [3.8, 4) is 0 Å². The van der Waals surface area contributed by atoms with Gasteiger partial charge in [-0.05, 0) is 37.9 Å². The molecule has 20 heavy (non-hydrogen) atoms. The molecule has 1 atom stereocenters. The molecule has 0 radical (unpaired) electrons. The first kappa shape index (κ1) is 13.6. The maximum atomic E-state index is 4.78. The summed E-state index contributed by atoms with van der Waals surface area (Å²) < 4.78 is 2.43. The molecule has 1 unspecified atom stereocenters. The lowest BCUT2D eigenvalue weighted by atomic mass is 9.98. The molecule has 0 amide bonds. The van der Waals surface area contributed by atoms with Crippen LogP contribution in [0.4, 0.5) is 0 Å². The van der Waals surface area contributed by atoms with Crippen LogP contribution >= 0.6 is 0 Å². The first-order valence-electron chi connectivity index (χ1n) is 7.95. The number of fused-ring (bicyclic) bond motifs is 1. The molecule has 0 saturated heterocycles. The molecule has 0 aliphatic heterocycles. The first-order chi connectivity index (χ1) is 9.83. The Balaban J connectivity index is 1.91. The second kappa shape index (κ2) is 5.96. The van der Waals surface area contributed by atoms with Gasteiger partial charge < -0.3 is 9.88 Å². The van der Waals surface area contributed by atoms with E-state index in [0.29, 0.717) is 6.04 Å². The van der Waals surface area contributed by atoms with Crippen molar-refractivity contribution < 1.29 is 0 Å². The Labute approximate surface area is 121 Å². The quantitative estimate of drug-likeness (QED) is 0.903. The maximum Gasteiger partial charge on any atom is 0.109 e. The number of benzene rings is 1. The molecule has 3 heteroatoms. The highest BCUT2D eigenvalue weighted by Crippen LogP contribution is 2.29. The summed E-state index contributed by atoms with van der Waals surface area (Å²) in [5.41, 5.74) is 2.41. The normalized spacial score (nSPS) is 17.9. The highest BCUT2D eigenvalue weighted by atomic mass is 15.1. The molecule has 3 rings (SSSR count). The second-order valence-corrected chi connectivity index (χ2v) is 5.92. The van der Waals surface area contributed by atoms with Gasteiger partial charge in [0.1, 0.15) is 5.82 Å². The summed E-state index contributed by atoms with van der Waals surface area (Å²) in [6.45, 7) is 3.24. The van der Waals surface area contributed by atoms with E-state index in [0.717, 1.165) is 24.4 Å². The van der Waals surface area contributed by atoms with Gasteiger partial charge in [0, 0.05) is 19.0 Å². The van der Waals surface area contributed by atoms with E-state index in [2.05, 4.69) is 48.1 Å². The smallest absolute Gasteiger partial charge is 0.109 e. The van der Waals surface area contributed by atoms with Crippen molar-refractivity contribution in [3.05, 3.63) is 30.1 Å². The van der Waals surface area contributed by atoms with Crippen molar-refractivity contribution in [1.82, 2.24) is 14.9 Å². The number of aryl methyl sites for hydroxylation is 1. The largest absolute Gasteiger partial charge is 0.326 e. The lowest BCUT2D eigenvalue weighted by Crippen LogP contribution is -2.36. The van der Waals surface area contributed by atoms with E-state index in [-0.39, 0.29) is 0 Å². The van der Waals surface area contributed by atoms with Crippen molar-refractivity contribution in [1.29, 1.82) is 0 Å². The van der Waals surface area contributed by atoms with Gasteiger partial charge in [0.05, 0.1) is 11.0 Å². The summed E-state index contributed by atoms with van der Waals surface area (Å²) in [5, 5.41) is 3.55. The summed E-state index contributed by atoms with van der Waals surface area (Å²) >= 11 is 0. The van der Waals surface area contributed by atoms with Crippen molar-refractivity contribution in [2.45, 2.75) is 51.6 Å². The van der Waals surface area contributed by atoms with Gasteiger partial charge in [0.15, 0.2) is 0 Å². The van der Waals surface area contributed by atoms with E-state index >= 15 is 0 Å². The summed E-state index contributed by atoms with van der Waals surface area (Å²) in [7, 11) is 2.10. The Kier molecular flexibility index (Phi) is 4.06. The third-order valence-electron chi connectivity index (χ3n) is 4.77. The molecule has 1 heterocycles. The van der Waals surface area contributed by atoms with Crippen LogP contribution in [0.1, 0.15) is 38.4 Å². The highest BCUT2D eigenvalue weighted by molar-refractivity contribution is 5.75. The minimum absolute atomic E-state index is 0.570. The number of hydrogen-bond donors (Lipinski definition) is 1. The summed E-state index contributed by atoms with van der Waals surface area (Å²) in [5.74, 6) is 2.04.